The van der Waals surface area contributed by atoms with Crippen molar-refractivity contribution in [2.24, 2.45) is 5.10 Å². The summed E-state index contributed by atoms with van der Waals surface area (Å²) < 4.78 is 5.14. The highest BCUT2D eigenvalue weighted by molar-refractivity contribution is 5.97. The fourth-order valence-corrected chi connectivity index (χ4v) is 1.69. The molecule has 0 aliphatic heterocycles. The van der Waals surface area contributed by atoms with Crippen LogP contribution in [0.2, 0.25) is 0 Å². The van der Waals surface area contributed by atoms with Gasteiger partial charge in [0.1, 0.15) is 11.5 Å². The van der Waals surface area contributed by atoms with Gasteiger partial charge in [0.2, 0.25) is 5.91 Å². The molecule has 1 aromatic carbocycles. The molecular formula is C17H17N3O3. The van der Waals surface area contributed by atoms with Crippen LogP contribution in [-0.2, 0) is 9.59 Å². The predicted molar refractivity (Wildman–Crippen MR) is 87.5 cm³/mol. The Kier molecular flexibility index (Phi) is 5.88. The average Bonchev–Trinajstić information content (AvgIpc) is 3.11. The molecule has 1 aromatic heterocycles. The van der Waals surface area contributed by atoms with Crippen molar-refractivity contribution in [2.45, 2.75) is 6.92 Å². The second-order valence-electron chi connectivity index (χ2n) is 4.67. The van der Waals surface area contributed by atoms with Crippen LogP contribution < -0.4 is 10.7 Å². The minimum atomic E-state index is -0.419. The number of hydrogen-bond donors (Lipinski definition) is 2. The number of hydrogen-bond acceptors (Lipinski definition) is 4. The van der Waals surface area contributed by atoms with Crippen molar-refractivity contribution in [3.05, 3.63) is 66.1 Å². The Hall–Kier alpha value is -3.15. The SMILES string of the molecule is C/C(=N/NC(=O)CNC(=O)/C=C\c1ccccc1)c1ccco1. The molecule has 0 radical (unpaired) electrons. The summed E-state index contributed by atoms with van der Waals surface area (Å²) in [6.07, 6.45) is 4.57. The Morgan fingerprint density at radius 3 is 2.65 bits per heavy atom. The molecule has 2 aromatic rings. The molecular weight excluding hydrogens is 294 g/mol. The van der Waals surface area contributed by atoms with Gasteiger partial charge in [0, 0.05) is 6.08 Å². The van der Waals surface area contributed by atoms with E-state index in [9.17, 15) is 9.59 Å². The molecule has 0 saturated heterocycles. The number of amides is 2. The van der Waals surface area contributed by atoms with E-state index in [0.717, 1.165) is 5.56 Å². The molecule has 2 amide bonds. The second-order valence-corrected chi connectivity index (χ2v) is 4.67. The Morgan fingerprint density at radius 2 is 1.96 bits per heavy atom. The van der Waals surface area contributed by atoms with Gasteiger partial charge in [0.25, 0.3) is 5.91 Å². The largest absolute Gasteiger partial charge is 0.463 e. The van der Waals surface area contributed by atoms with Crippen LogP contribution in [0.3, 0.4) is 0 Å². The molecule has 0 aliphatic carbocycles. The van der Waals surface area contributed by atoms with Crippen molar-refractivity contribution < 1.29 is 14.0 Å². The van der Waals surface area contributed by atoms with Gasteiger partial charge < -0.3 is 9.73 Å². The van der Waals surface area contributed by atoms with Crippen molar-refractivity contribution in [2.75, 3.05) is 6.54 Å². The first-order valence-electron chi connectivity index (χ1n) is 7.03. The smallest absolute Gasteiger partial charge is 0.259 e. The number of carbonyl (C=O) groups excluding carboxylic acids is 2. The number of nitrogens with one attached hydrogen (secondary N) is 2. The first-order chi connectivity index (χ1) is 11.1. The zero-order valence-corrected chi connectivity index (χ0v) is 12.7. The predicted octanol–water partition coefficient (Wildman–Crippen LogP) is 1.95. The van der Waals surface area contributed by atoms with Gasteiger partial charge in [-0.3, -0.25) is 9.59 Å². The van der Waals surface area contributed by atoms with Gasteiger partial charge in [-0.1, -0.05) is 30.3 Å². The third kappa shape index (κ3) is 5.62. The summed E-state index contributed by atoms with van der Waals surface area (Å²) in [5, 5.41) is 6.37. The number of rotatable bonds is 6. The van der Waals surface area contributed by atoms with Crippen LogP contribution in [0.25, 0.3) is 6.08 Å². The highest BCUT2D eigenvalue weighted by atomic mass is 16.3. The third-order valence-electron chi connectivity index (χ3n) is 2.88. The fourth-order valence-electron chi connectivity index (χ4n) is 1.69. The number of nitrogens with zero attached hydrogens (tertiary/aromatic N) is 1. The van der Waals surface area contributed by atoms with Gasteiger partial charge in [-0.25, -0.2) is 5.43 Å². The van der Waals surface area contributed by atoms with Crippen LogP contribution >= 0.6 is 0 Å². The van der Waals surface area contributed by atoms with E-state index in [4.69, 9.17) is 4.42 Å². The standard InChI is InChI=1S/C17H17N3O3/c1-13(15-8-5-11-23-15)19-20-17(22)12-18-16(21)10-9-14-6-3-2-4-7-14/h2-11H,12H2,1H3,(H,18,21)(H,20,22)/b10-9-,19-13-. The van der Waals surface area contributed by atoms with Gasteiger partial charge in [0.05, 0.1) is 12.8 Å². The lowest BCUT2D eigenvalue weighted by molar-refractivity contribution is -0.123. The van der Waals surface area contributed by atoms with E-state index in [1.54, 1.807) is 25.1 Å². The molecule has 6 nitrogen and oxygen atoms in total. The van der Waals surface area contributed by atoms with Gasteiger partial charge in [0.15, 0.2) is 0 Å². The van der Waals surface area contributed by atoms with Crippen LogP contribution in [0, 0.1) is 0 Å². The monoisotopic (exact) mass is 311 g/mol. The topological polar surface area (TPSA) is 83.7 Å². The van der Waals surface area contributed by atoms with Crippen LogP contribution in [0.4, 0.5) is 0 Å². The Bertz CT molecular complexity index is 704. The van der Waals surface area contributed by atoms with Crippen LogP contribution in [-0.4, -0.2) is 24.1 Å². The van der Waals surface area contributed by atoms with E-state index >= 15 is 0 Å². The number of carbonyl (C=O) groups is 2. The second kappa shape index (κ2) is 8.33. The average molecular weight is 311 g/mol. The minimum Gasteiger partial charge on any atom is -0.463 e. The lowest BCUT2D eigenvalue weighted by Crippen LogP contribution is -2.34. The first-order valence-corrected chi connectivity index (χ1v) is 7.03. The summed E-state index contributed by atoms with van der Waals surface area (Å²) in [6.45, 7) is 1.55. The van der Waals surface area contributed by atoms with Crippen LogP contribution in [0.1, 0.15) is 18.2 Å². The van der Waals surface area contributed by atoms with E-state index in [1.807, 2.05) is 30.3 Å². The summed E-state index contributed by atoms with van der Waals surface area (Å²) in [6, 6.07) is 12.9. The minimum absolute atomic E-state index is 0.160. The first kappa shape index (κ1) is 16.2. The molecule has 0 bridgehead atoms. The summed E-state index contributed by atoms with van der Waals surface area (Å²) in [5.41, 5.74) is 3.80. The van der Waals surface area contributed by atoms with E-state index in [-0.39, 0.29) is 12.5 Å². The molecule has 2 N–H and O–H groups in total. The van der Waals surface area contributed by atoms with Gasteiger partial charge in [-0.05, 0) is 30.7 Å². The highest BCUT2D eigenvalue weighted by Gasteiger charge is 2.04. The van der Waals surface area contributed by atoms with Crippen LogP contribution in [0.5, 0.6) is 0 Å². The quantitative estimate of drug-likeness (QED) is 0.486. The zero-order valence-electron chi connectivity index (χ0n) is 12.7. The van der Waals surface area contributed by atoms with Crippen molar-refractivity contribution in [1.82, 2.24) is 10.7 Å². The molecule has 0 unspecified atom stereocenters. The van der Waals surface area contributed by atoms with E-state index in [2.05, 4.69) is 15.8 Å². The highest BCUT2D eigenvalue weighted by Crippen LogP contribution is 2.01. The molecule has 0 fully saturated rings. The molecule has 0 spiro atoms. The fraction of sp³-hybridized carbons (Fsp3) is 0.118. The zero-order chi connectivity index (χ0) is 16.5. The Balaban J connectivity index is 1.75. The molecule has 1 heterocycles. The van der Waals surface area contributed by atoms with Crippen LogP contribution in [0.15, 0.2) is 64.3 Å². The van der Waals surface area contributed by atoms with Crippen molar-refractivity contribution >= 4 is 23.6 Å². The van der Waals surface area contributed by atoms with Crippen molar-refractivity contribution in [1.29, 1.82) is 0 Å². The van der Waals surface area contributed by atoms with Gasteiger partial charge >= 0.3 is 0 Å². The number of furan rings is 1. The lowest BCUT2D eigenvalue weighted by atomic mass is 10.2. The van der Waals surface area contributed by atoms with Gasteiger partial charge in [-0.2, -0.15) is 5.10 Å². The summed E-state index contributed by atoms with van der Waals surface area (Å²) in [7, 11) is 0. The normalized spacial score (nSPS) is 11.4. The maximum atomic E-state index is 11.6. The molecule has 0 aliphatic rings. The molecule has 23 heavy (non-hydrogen) atoms. The third-order valence-corrected chi connectivity index (χ3v) is 2.88. The number of benzene rings is 1. The Morgan fingerprint density at radius 1 is 1.17 bits per heavy atom. The van der Waals surface area contributed by atoms with E-state index in [1.165, 1.54) is 12.3 Å². The molecule has 118 valence electrons. The summed E-state index contributed by atoms with van der Waals surface area (Å²) in [4.78, 5) is 23.2. The molecule has 6 heteroatoms. The summed E-state index contributed by atoms with van der Waals surface area (Å²) >= 11 is 0. The molecule has 0 saturated carbocycles. The van der Waals surface area contributed by atoms with Crippen molar-refractivity contribution in [3.8, 4) is 0 Å². The summed E-state index contributed by atoms with van der Waals surface area (Å²) in [5.74, 6) is -0.201. The van der Waals surface area contributed by atoms with E-state index in [0.29, 0.717) is 11.5 Å². The van der Waals surface area contributed by atoms with E-state index < -0.39 is 5.91 Å². The number of hydrazone groups is 1. The molecule has 0 atom stereocenters. The van der Waals surface area contributed by atoms with Crippen molar-refractivity contribution in [3.63, 3.8) is 0 Å². The maximum absolute atomic E-state index is 11.6. The molecule has 2 rings (SSSR count). The lowest BCUT2D eigenvalue weighted by Gasteiger charge is -2.02. The van der Waals surface area contributed by atoms with Gasteiger partial charge in [-0.15, -0.1) is 0 Å². The Labute approximate surface area is 133 Å². The maximum Gasteiger partial charge on any atom is 0.259 e.